The SMILES string of the molecule is CC1(C)CC(OC(=O)C2CCC(C3CCC(c4ccc(C5C=CC=CC=C5)cc4)CC3)CC2)CC(C)(C)N1. The molecule has 0 spiro atoms. The molecule has 0 atom stereocenters. The normalized spacial score (nSPS) is 31.6. The van der Waals surface area contributed by atoms with Crippen molar-refractivity contribution in [2.24, 2.45) is 17.8 Å². The first kappa shape index (κ1) is 27.4. The van der Waals surface area contributed by atoms with Crippen LogP contribution in [-0.2, 0) is 9.53 Å². The second-order valence-corrected chi connectivity index (χ2v) is 13.9. The van der Waals surface area contributed by atoms with Gasteiger partial charge in [0.25, 0.3) is 0 Å². The Morgan fingerprint density at radius 3 is 1.76 bits per heavy atom. The van der Waals surface area contributed by atoms with E-state index >= 15 is 0 Å². The average molecular weight is 516 g/mol. The van der Waals surface area contributed by atoms with E-state index in [2.05, 4.69) is 93.7 Å². The zero-order chi connectivity index (χ0) is 26.8. The van der Waals surface area contributed by atoms with Gasteiger partial charge in [0.1, 0.15) is 6.10 Å². The lowest BCUT2D eigenvalue weighted by Gasteiger charge is -2.46. The van der Waals surface area contributed by atoms with Crippen LogP contribution in [-0.4, -0.2) is 23.2 Å². The van der Waals surface area contributed by atoms with Gasteiger partial charge in [-0.2, -0.15) is 0 Å². The summed E-state index contributed by atoms with van der Waals surface area (Å²) in [5, 5.41) is 3.69. The number of hydrogen-bond acceptors (Lipinski definition) is 3. The Bertz CT molecular complexity index is 998. The molecule has 0 aromatic heterocycles. The maximum absolute atomic E-state index is 13.1. The molecule has 1 aromatic rings. The summed E-state index contributed by atoms with van der Waals surface area (Å²) >= 11 is 0. The molecular weight excluding hydrogens is 466 g/mol. The monoisotopic (exact) mass is 515 g/mol. The molecule has 2 saturated carbocycles. The van der Waals surface area contributed by atoms with Crippen LogP contribution in [0, 0.1) is 17.8 Å². The number of esters is 1. The first-order chi connectivity index (χ1) is 18.2. The minimum absolute atomic E-state index is 0.00640. The average Bonchev–Trinajstić information content (AvgIpc) is 3.17. The highest BCUT2D eigenvalue weighted by molar-refractivity contribution is 5.72. The van der Waals surface area contributed by atoms with Gasteiger partial charge in [0.05, 0.1) is 5.92 Å². The largest absolute Gasteiger partial charge is 0.462 e. The third kappa shape index (κ3) is 6.89. The Morgan fingerprint density at radius 1 is 0.711 bits per heavy atom. The van der Waals surface area contributed by atoms with Crippen LogP contribution < -0.4 is 5.32 Å². The van der Waals surface area contributed by atoms with Crippen LogP contribution in [0.25, 0.3) is 0 Å². The molecule has 0 unspecified atom stereocenters. The first-order valence-corrected chi connectivity index (χ1v) is 15.3. The number of carbonyl (C=O) groups is 1. The molecule has 3 fully saturated rings. The minimum atomic E-state index is 0.00640. The van der Waals surface area contributed by atoms with Crippen molar-refractivity contribution >= 4 is 5.97 Å². The maximum atomic E-state index is 13.1. The smallest absolute Gasteiger partial charge is 0.309 e. The number of nitrogens with one attached hydrogen (secondary N) is 1. The number of carbonyl (C=O) groups excluding carboxylic acids is 1. The molecule has 0 bridgehead atoms. The minimum Gasteiger partial charge on any atom is -0.462 e. The number of piperidine rings is 1. The van der Waals surface area contributed by atoms with Gasteiger partial charge in [-0.1, -0.05) is 60.7 Å². The molecule has 3 aliphatic carbocycles. The van der Waals surface area contributed by atoms with Crippen molar-refractivity contribution in [3.63, 3.8) is 0 Å². The quantitative estimate of drug-likeness (QED) is 0.400. The van der Waals surface area contributed by atoms with E-state index in [4.69, 9.17) is 4.74 Å². The number of hydrogen-bond donors (Lipinski definition) is 1. The van der Waals surface area contributed by atoms with Gasteiger partial charge in [0, 0.05) is 29.8 Å². The van der Waals surface area contributed by atoms with Crippen molar-refractivity contribution in [2.75, 3.05) is 0 Å². The molecule has 38 heavy (non-hydrogen) atoms. The fourth-order valence-electron chi connectivity index (χ4n) is 8.10. The molecule has 1 aromatic carbocycles. The summed E-state index contributed by atoms with van der Waals surface area (Å²) in [6, 6.07) is 9.42. The van der Waals surface area contributed by atoms with Crippen molar-refractivity contribution in [3.05, 3.63) is 71.8 Å². The summed E-state index contributed by atoms with van der Waals surface area (Å²) in [7, 11) is 0. The van der Waals surface area contributed by atoms with E-state index in [1.807, 2.05) is 0 Å². The van der Waals surface area contributed by atoms with Gasteiger partial charge >= 0.3 is 5.97 Å². The number of benzene rings is 1. The van der Waals surface area contributed by atoms with Crippen molar-refractivity contribution in [3.8, 4) is 0 Å². The van der Waals surface area contributed by atoms with Gasteiger partial charge in [-0.3, -0.25) is 4.79 Å². The highest BCUT2D eigenvalue weighted by atomic mass is 16.5. The molecular formula is C35H49NO2. The second-order valence-electron chi connectivity index (χ2n) is 13.9. The third-order valence-corrected chi connectivity index (χ3v) is 9.74. The third-order valence-electron chi connectivity index (χ3n) is 9.74. The molecule has 4 aliphatic rings. The molecule has 1 heterocycles. The topological polar surface area (TPSA) is 38.3 Å². The number of ether oxygens (including phenoxy) is 1. The molecule has 3 nitrogen and oxygen atoms in total. The molecule has 0 radical (unpaired) electrons. The van der Waals surface area contributed by atoms with Crippen LogP contribution in [0.2, 0.25) is 0 Å². The fraction of sp³-hybridized carbons (Fsp3) is 0.629. The van der Waals surface area contributed by atoms with Crippen molar-refractivity contribution < 1.29 is 9.53 Å². The predicted octanol–water partition coefficient (Wildman–Crippen LogP) is 8.39. The van der Waals surface area contributed by atoms with Gasteiger partial charge < -0.3 is 10.1 Å². The molecule has 0 amide bonds. The zero-order valence-electron chi connectivity index (χ0n) is 24.1. The lowest BCUT2D eigenvalue weighted by molar-refractivity contribution is -0.159. The Morgan fingerprint density at radius 2 is 1.21 bits per heavy atom. The Kier molecular flexibility index (Phi) is 8.33. The van der Waals surface area contributed by atoms with E-state index in [9.17, 15) is 4.79 Å². The van der Waals surface area contributed by atoms with Gasteiger partial charge in [-0.15, -0.1) is 0 Å². The van der Waals surface area contributed by atoms with E-state index in [1.54, 1.807) is 0 Å². The van der Waals surface area contributed by atoms with E-state index in [0.29, 0.717) is 11.8 Å². The van der Waals surface area contributed by atoms with Gasteiger partial charge in [0.15, 0.2) is 0 Å². The molecule has 206 valence electrons. The molecule has 1 aliphatic heterocycles. The van der Waals surface area contributed by atoms with Crippen LogP contribution >= 0.6 is 0 Å². The van der Waals surface area contributed by atoms with Crippen molar-refractivity contribution in [1.29, 1.82) is 0 Å². The first-order valence-electron chi connectivity index (χ1n) is 15.3. The van der Waals surface area contributed by atoms with Gasteiger partial charge in [0.2, 0.25) is 0 Å². The number of allylic oxidation sites excluding steroid dienone is 6. The van der Waals surface area contributed by atoms with E-state index in [-0.39, 0.29) is 29.1 Å². The van der Waals surface area contributed by atoms with E-state index in [0.717, 1.165) is 37.5 Å². The van der Waals surface area contributed by atoms with Crippen LogP contribution in [0.4, 0.5) is 0 Å². The van der Waals surface area contributed by atoms with Crippen LogP contribution in [0.15, 0.2) is 60.7 Å². The highest BCUT2D eigenvalue weighted by Crippen LogP contribution is 2.44. The molecule has 3 heteroatoms. The maximum Gasteiger partial charge on any atom is 0.309 e. The zero-order valence-corrected chi connectivity index (χ0v) is 24.1. The van der Waals surface area contributed by atoms with Crippen molar-refractivity contribution in [2.45, 2.75) is 121 Å². The lowest BCUT2D eigenvalue weighted by Crippen LogP contribution is -2.59. The van der Waals surface area contributed by atoms with Gasteiger partial charge in [-0.05, 0) is 108 Å². The Balaban J connectivity index is 1.06. The summed E-state index contributed by atoms with van der Waals surface area (Å²) in [4.78, 5) is 13.1. The van der Waals surface area contributed by atoms with E-state index < -0.39 is 0 Å². The van der Waals surface area contributed by atoms with E-state index in [1.165, 1.54) is 49.7 Å². The predicted molar refractivity (Wildman–Crippen MR) is 157 cm³/mol. The van der Waals surface area contributed by atoms with Crippen molar-refractivity contribution in [1.82, 2.24) is 5.32 Å². The molecule has 1 saturated heterocycles. The Hall–Kier alpha value is -2.13. The highest BCUT2D eigenvalue weighted by Gasteiger charge is 2.41. The molecule has 1 N–H and O–H groups in total. The molecule has 5 rings (SSSR count). The summed E-state index contributed by atoms with van der Waals surface area (Å²) < 4.78 is 6.11. The fourth-order valence-corrected chi connectivity index (χ4v) is 8.10. The van der Waals surface area contributed by atoms with Gasteiger partial charge in [-0.25, -0.2) is 0 Å². The lowest BCUT2D eigenvalue weighted by atomic mass is 9.68. The van der Waals surface area contributed by atoms with Crippen LogP contribution in [0.3, 0.4) is 0 Å². The Labute approximate surface area is 231 Å². The van der Waals surface area contributed by atoms with Crippen LogP contribution in [0.1, 0.15) is 115 Å². The summed E-state index contributed by atoms with van der Waals surface area (Å²) in [5.41, 5.74) is 2.91. The second kappa shape index (κ2) is 11.5. The standard InChI is InChI=1S/C35H49NO2/c1-34(2)23-32(24-35(3,4)36-34)38-33(37)31-21-19-30(20-22-31)29-17-15-28(16-18-29)27-13-11-26(12-14-27)25-9-7-5-6-8-10-25/h5-14,25,28-32,36H,15-24H2,1-4H3. The summed E-state index contributed by atoms with van der Waals surface area (Å²) in [6.07, 6.45) is 24.6. The number of rotatable bonds is 5. The summed E-state index contributed by atoms with van der Waals surface area (Å²) in [6.45, 7) is 8.87. The summed E-state index contributed by atoms with van der Waals surface area (Å²) in [5.74, 6) is 2.88. The van der Waals surface area contributed by atoms with Crippen LogP contribution in [0.5, 0.6) is 0 Å².